The molecule has 0 bridgehead atoms. The van der Waals surface area contributed by atoms with Gasteiger partial charge in [-0.2, -0.15) is 10.2 Å². The van der Waals surface area contributed by atoms with Gasteiger partial charge in [0, 0.05) is 18.0 Å². The first-order chi connectivity index (χ1) is 15.4. The molecular formula is C21H15Cl3FN5O2. The average Bonchev–Trinajstić information content (AvgIpc) is 3.38. The summed E-state index contributed by atoms with van der Waals surface area (Å²) in [5, 5.41) is 11.9. The van der Waals surface area contributed by atoms with Gasteiger partial charge >= 0.3 is 0 Å². The van der Waals surface area contributed by atoms with E-state index in [1.807, 2.05) is 0 Å². The molecule has 0 saturated carbocycles. The molecule has 2 heterocycles. The normalized spacial score (nSPS) is 10.9. The van der Waals surface area contributed by atoms with E-state index in [4.69, 9.17) is 39.5 Å². The monoisotopic (exact) mass is 493 g/mol. The van der Waals surface area contributed by atoms with Crippen LogP contribution in [0.3, 0.4) is 0 Å². The van der Waals surface area contributed by atoms with Crippen molar-refractivity contribution in [3.8, 4) is 5.75 Å². The van der Waals surface area contributed by atoms with E-state index in [2.05, 4.69) is 15.5 Å². The standard InChI is InChI=1S/C21H15Cl3FN5O2/c22-14-5-3-7-18(19(14)24)32-12-29-9-8-17(27-29)21(31)26-20-15(23)11-30(28-20)10-13-4-1-2-6-16(13)25/h1-9,11H,10,12H2,(H,26,28,31). The molecule has 4 rings (SSSR count). The lowest BCUT2D eigenvalue weighted by molar-refractivity contribution is 0.101. The first kappa shape index (κ1) is 22.1. The van der Waals surface area contributed by atoms with Gasteiger partial charge in [-0.1, -0.05) is 59.1 Å². The molecule has 7 nitrogen and oxygen atoms in total. The van der Waals surface area contributed by atoms with Crippen LogP contribution >= 0.6 is 34.8 Å². The summed E-state index contributed by atoms with van der Waals surface area (Å²) in [7, 11) is 0. The number of carbonyl (C=O) groups is 1. The summed E-state index contributed by atoms with van der Waals surface area (Å²) in [5.41, 5.74) is 0.577. The van der Waals surface area contributed by atoms with Crippen LogP contribution in [0.5, 0.6) is 5.75 Å². The Morgan fingerprint density at radius 1 is 1.00 bits per heavy atom. The Kier molecular flexibility index (Phi) is 6.64. The molecule has 0 aliphatic rings. The second-order valence-electron chi connectivity index (χ2n) is 6.63. The predicted octanol–water partition coefficient (Wildman–Crippen LogP) is 5.52. The van der Waals surface area contributed by atoms with Crippen molar-refractivity contribution in [3.05, 3.63) is 93.1 Å². The Morgan fingerprint density at radius 3 is 2.62 bits per heavy atom. The number of nitrogens with zero attached hydrogens (tertiary/aromatic N) is 4. The zero-order valence-corrected chi connectivity index (χ0v) is 18.6. The van der Waals surface area contributed by atoms with Crippen LogP contribution in [0.2, 0.25) is 15.1 Å². The Balaban J connectivity index is 1.39. The molecule has 1 N–H and O–H groups in total. The fourth-order valence-corrected chi connectivity index (χ4v) is 3.37. The maximum absolute atomic E-state index is 13.9. The van der Waals surface area contributed by atoms with Gasteiger partial charge in [-0.3, -0.25) is 9.48 Å². The Hall–Kier alpha value is -3.07. The highest BCUT2D eigenvalue weighted by Gasteiger charge is 2.16. The topological polar surface area (TPSA) is 74.0 Å². The van der Waals surface area contributed by atoms with Crippen LogP contribution in [0, 0.1) is 5.82 Å². The van der Waals surface area contributed by atoms with E-state index < -0.39 is 5.91 Å². The number of hydrogen-bond acceptors (Lipinski definition) is 4. The quantitative estimate of drug-likeness (QED) is 0.367. The maximum atomic E-state index is 13.9. The van der Waals surface area contributed by atoms with Crippen molar-refractivity contribution < 1.29 is 13.9 Å². The largest absolute Gasteiger partial charge is 0.470 e. The molecule has 2 aromatic carbocycles. The molecule has 0 saturated heterocycles. The van der Waals surface area contributed by atoms with Gasteiger partial charge in [0.1, 0.15) is 21.6 Å². The zero-order valence-electron chi connectivity index (χ0n) is 16.3. The number of hydrogen-bond donors (Lipinski definition) is 1. The first-order valence-electron chi connectivity index (χ1n) is 9.28. The highest BCUT2D eigenvalue weighted by molar-refractivity contribution is 6.42. The fraction of sp³-hybridized carbons (Fsp3) is 0.0952. The van der Waals surface area contributed by atoms with Gasteiger partial charge in [-0.05, 0) is 24.3 Å². The molecule has 2 aromatic heterocycles. The van der Waals surface area contributed by atoms with E-state index >= 15 is 0 Å². The van der Waals surface area contributed by atoms with Crippen LogP contribution in [0.4, 0.5) is 10.2 Å². The summed E-state index contributed by atoms with van der Waals surface area (Å²) >= 11 is 18.2. The summed E-state index contributed by atoms with van der Waals surface area (Å²) in [5.74, 6) is -0.323. The van der Waals surface area contributed by atoms with Gasteiger partial charge in [0.25, 0.3) is 5.91 Å². The van der Waals surface area contributed by atoms with Crippen molar-refractivity contribution in [2.24, 2.45) is 0 Å². The number of rotatable bonds is 7. The second-order valence-corrected chi connectivity index (χ2v) is 7.83. The number of anilines is 1. The molecule has 0 aliphatic heterocycles. The molecular weight excluding hydrogens is 480 g/mol. The van der Waals surface area contributed by atoms with Crippen molar-refractivity contribution in [3.63, 3.8) is 0 Å². The van der Waals surface area contributed by atoms with Gasteiger partial charge < -0.3 is 10.1 Å². The van der Waals surface area contributed by atoms with Gasteiger partial charge in [0.2, 0.25) is 0 Å². The molecule has 0 fully saturated rings. The number of aromatic nitrogens is 4. The smallest absolute Gasteiger partial charge is 0.277 e. The fourth-order valence-electron chi connectivity index (χ4n) is 2.82. The van der Waals surface area contributed by atoms with Crippen molar-refractivity contribution in [2.45, 2.75) is 13.3 Å². The van der Waals surface area contributed by atoms with E-state index in [1.165, 1.54) is 27.7 Å². The Bertz CT molecular complexity index is 1270. The molecule has 1 amide bonds. The summed E-state index contributed by atoms with van der Waals surface area (Å²) in [4.78, 5) is 12.5. The second kappa shape index (κ2) is 9.60. The third-order valence-electron chi connectivity index (χ3n) is 4.38. The van der Waals surface area contributed by atoms with Crippen molar-refractivity contribution in [2.75, 3.05) is 5.32 Å². The Morgan fingerprint density at radius 2 is 1.81 bits per heavy atom. The van der Waals surface area contributed by atoms with Crippen molar-refractivity contribution in [1.29, 1.82) is 0 Å². The number of carbonyl (C=O) groups excluding carboxylic acids is 1. The van der Waals surface area contributed by atoms with Crippen molar-refractivity contribution in [1.82, 2.24) is 19.6 Å². The number of halogens is 4. The van der Waals surface area contributed by atoms with Crippen molar-refractivity contribution >= 4 is 46.5 Å². The van der Waals surface area contributed by atoms with Crippen LogP contribution in [-0.4, -0.2) is 25.5 Å². The minimum absolute atomic E-state index is 0.0192. The molecule has 32 heavy (non-hydrogen) atoms. The van der Waals surface area contributed by atoms with Gasteiger partial charge in [-0.25, -0.2) is 9.07 Å². The van der Waals surface area contributed by atoms with Gasteiger partial charge in [-0.15, -0.1) is 0 Å². The third kappa shape index (κ3) is 5.04. The summed E-state index contributed by atoms with van der Waals surface area (Å²) < 4.78 is 22.3. The highest BCUT2D eigenvalue weighted by Crippen LogP contribution is 2.31. The minimum atomic E-state index is -0.512. The molecule has 11 heteroatoms. The summed E-state index contributed by atoms with van der Waals surface area (Å²) in [6.45, 7) is 0.186. The molecule has 164 valence electrons. The molecule has 0 atom stereocenters. The van der Waals surface area contributed by atoms with Crippen LogP contribution in [0.1, 0.15) is 16.1 Å². The van der Waals surface area contributed by atoms with E-state index in [9.17, 15) is 9.18 Å². The molecule has 0 spiro atoms. The van der Waals surface area contributed by atoms with Gasteiger partial charge in [0.15, 0.2) is 18.2 Å². The average molecular weight is 495 g/mol. The lowest BCUT2D eigenvalue weighted by Crippen LogP contribution is -2.15. The van der Waals surface area contributed by atoms with Gasteiger partial charge in [0.05, 0.1) is 11.6 Å². The van der Waals surface area contributed by atoms with Crippen LogP contribution < -0.4 is 10.1 Å². The maximum Gasteiger partial charge on any atom is 0.277 e. The van der Waals surface area contributed by atoms with Crippen LogP contribution in [0.25, 0.3) is 0 Å². The zero-order chi connectivity index (χ0) is 22.7. The van der Waals surface area contributed by atoms with E-state index in [-0.39, 0.29) is 35.6 Å². The SMILES string of the molecule is O=C(Nc1nn(Cc2ccccc2F)cc1Cl)c1ccn(COc2cccc(Cl)c2Cl)n1. The molecule has 0 unspecified atom stereocenters. The molecule has 4 aromatic rings. The van der Waals surface area contributed by atoms with E-state index in [0.717, 1.165) is 0 Å². The lowest BCUT2D eigenvalue weighted by Gasteiger charge is -2.08. The van der Waals surface area contributed by atoms with Crippen LogP contribution in [-0.2, 0) is 13.3 Å². The number of nitrogens with one attached hydrogen (secondary N) is 1. The molecule has 0 aliphatic carbocycles. The first-order valence-corrected chi connectivity index (χ1v) is 10.4. The summed E-state index contributed by atoms with van der Waals surface area (Å²) in [6.07, 6.45) is 3.08. The van der Waals surface area contributed by atoms with Crippen LogP contribution in [0.15, 0.2) is 60.9 Å². The Labute approximate surface area is 197 Å². The lowest BCUT2D eigenvalue weighted by atomic mass is 10.2. The molecule has 0 radical (unpaired) electrons. The number of benzene rings is 2. The predicted molar refractivity (Wildman–Crippen MR) is 120 cm³/mol. The number of ether oxygens (including phenoxy) is 1. The van der Waals surface area contributed by atoms with E-state index in [1.54, 1.807) is 42.6 Å². The number of amides is 1. The summed E-state index contributed by atoms with van der Waals surface area (Å²) in [6, 6.07) is 12.9. The highest BCUT2D eigenvalue weighted by atomic mass is 35.5. The van der Waals surface area contributed by atoms with E-state index in [0.29, 0.717) is 21.4 Å². The minimum Gasteiger partial charge on any atom is -0.470 e. The third-order valence-corrected chi connectivity index (χ3v) is 5.46.